The van der Waals surface area contributed by atoms with Crippen molar-refractivity contribution in [3.8, 4) is 0 Å². The molecule has 0 unspecified atom stereocenters. The predicted octanol–water partition coefficient (Wildman–Crippen LogP) is 4.59. The first-order valence-electron chi connectivity index (χ1n) is 8.02. The smallest absolute Gasteiger partial charge is 0.355 e. The summed E-state index contributed by atoms with van der Waals surface area (Å²) in [5.41, 5.74) is 0.607. The molecule has 1 amide bonds. The van der Waals surface area contributed by atoms with Gasteiger partial charge in [0.25, 0.3) is 0 Å². The molecule has 3 nitrogen and oxygen atoms in total. The predicted molar refractivity (Wildman–Crippen MR) is 88.7 cm³/mol. The van der Waals surface area contributed by atoms with Gasteiger partial charge in [-0.25, -0.2) is 4.98 Å². The number of carbonyl (C=O) groups is 1. The molecule has 2 rings (SSSR count). The minimum atomic E-state index is -4.40. The fourth-order valence-corrected chi connectivity index (χ4v) is 3.29. The number of aromatic nitrogens is 1. The van der Waals surface area contributed by atoms with E-state index in [1.807, 2.05) is 0 Å². The summed E-state index contributed by atoms with van der Waals surface area (Å²) in [5.74, 6) is -0.127. The van der Waals surface area contributed by atoms with Crippen molar-refractivity contribution < 1.29 is 18.0 Å². The van der Waals surface area contributed by atoms with E-state index in [1.165, 1.54) is 24.5 Å². The van der Waals surface area contributed by atoms with Crippen LogP contribution in [0.5, 0.6) is 0 Å². The van der Waals surface area contributed by atoms with Crippen molar-refractivity contribution in [3.63, 3.8) is 0 Å². The lowest BCUT2D eigenvalue weighted by Crippen LogP contribution is -2.31. The minimum Gasteiger partial charge on any atom is -0.355 e. The average Bonchev–Trinajstić information content (AvgIpc) is 2.55. The van der Waals surface area contributed by atoms with Crippen LogP contribution in [-0.4, -0.2) is 22.7 Å². The van der Waals surface area contributed by atoms with E-state index in [0.29, 0.717) is 11.6 Å². The number of pyridine rings is 1. The van der Waals surface area contributed by atoms with Gasteiger partial charge in [-0.2, -0.15) is 13.2 Å². The third kappa shape index (κ3) is 5.85. The number of hydrogen-bond donors (Lipinski definition) is 1. The van der Waals surface area contributed by atoms with Crippen molar-refractivity contribution in [1.29, 1.82) is 0 Å². The Morgan fingerprint density at radius 3 is 2.75 bits per heavy atom. The number of alkyl halides is 3. The van der Waals surface area contributed by atoms with Gasteiger partial charge in [-0.15, -0.1) is 0 Å². The molecule has 24 heavy (non-hydrogen) atoms. The van der Waals surface area contributed by atoms with Crippen LogP contribution in [0.15, 0.2) is 35.0 Å². The topological polar surface area (TPSA) is 42.0 Å². The highest BCUT2D eigenvalue weighted by Crippen LogP contribution is 2.30. The molecule has 1 aliphatic rings. The van der Waals surface area contributed by atoms with Crippen LogP contribution in [0.25, 0.3) is 0 Å². The fraction of sp³-hybridized carbons (Fsp3) is 0.529. The Balaban J connectivity index is 1.77. The maximum absolute atomic E-state index is 12.5. The zero-order chi connectivity index (χ0) is 17.6. The number of hydrogen-bond acceptors (Lipinski definition) is 3. The van der Waals surface area contributed by atoms with Crippen LogP contribution in [0.1, 0.15) is 44.6 Å². The third-order valence-corrected chi connectivity index (χ3v) is 4.91. The Bertz CT molecular complexity index is 584. The van der Waals surface area contributed by atoms with Crippen LogP contribution in [0.4, 0.5) is 13.2 Å². The van der Waals surface area contributed by atoms with Gasteiger partial charge in [0, 0.05) is 12.7 Å². The molecule has 1 heterocycles. The summed E-state index contributed by atoms with van der Waals surface area (Å²) in [5, 5.41) is 2.87. The number of carbonyl (C=O) groups excluding carboxylic acids is 1. The molecule has 132 valence electrons. The number of nitrogens with zero attached hydrogens (tertiary/aromatic N) is 1. The zero-order valence-electron chi connectivity index (χ0n) is 13.5. The summed E-state index contributed by atoms with van der Waals surface area (Å²) in [7, 11) is 0. The molecule has 1 aromatic heterocycles. The molecule has 1 aromatic rings. The van der Waals surface area contributed by atoms with Crippen molar-refractivity contribution in [2.24, 2.45) is 0 Å². The highest BCUT2D eigenvalue weighted by atomic mass is 32.2. The molecule has 1 N–H and O–H groups in total. The summed E-state index contributed by atoms with van der Waals surface area (Å²) in [6, 6.07) is 2.28. The molecule has 1 aliphatic carbocycles. The maximum atomic E-state index is 12.5. The molecular weight excluding hydrogens is 337 g/mol. The Morgan fingerprint density at radius 1 is 1.38 bits per heavy atom. The minimum absolute atomic E-state index is 0.127. The molecule has 7 heteroatoms. The SMILES string of the molecule is C[C@H](Sc1ccc(C(F)(F)F)cn1)C(=O)NCCC1=CCCCC1. The number of thioether (sulfide) groups is 1. The van der Waals surface area contributed by atoms with Crippen LogP contribution < -0.4 is 5.32 Å². The number of amides is 1. The van der Waals surface area contributed by atoms with Gasteiger partial charge in [0.1, 0.15) is 0 Å². The van der Waals surface area contributed by atoms with Crippen LogP contribution in [0.3, 0.4) is 0 Å². The first-order valence-corrected chi connectivity index (χ1v) is 8.90. The van der Waals surface area contributed by atoms with Crippen molar-refractivity contribution >= 4 is 17.7 Å². The molecule has 0 aromatic carbocycles. The van der Waals surface area contributed by atoms with Gasteiger partial charge in [-0.3, -0.25) is 4.79 Å². The normalized spacial score (nSPS) is 16.4. The van der Waals surface area contributed by atoms with Gasteiger partial charge < -0.3 is 5.32 Å². The maximum Gasteiger partial charge on any atom is 0.417 e. The monoisotopic (exact) mass is 358 g/mol. The molecular formula is C17H21F3N2OS. The van der Waals surface area contributed by atoms with Crippen molar-refractivity contribution in [2.45, 2.75) is 55.5 Å². The van der Waals surface area contributed by atoms with Crippen LogP contribution in [0.2, 0.25) is 0 Å². The molecule has 0 saturated carbocycles. The Morgan fingerprint density at radius 2 is 2.17 bits per heavy atom. The quantitative estimate of drug-likeness (QED) is 0.597. The van der Waals surface area contributed by atoms with Gasteiger partial charge in [0.2, 0.25) is 5.91 Å². The summed E-state index contributed by atoms with van der Waals surface area (Å²) in [6.45, 7) is 2.31. The number of allylic oxidation sites excluding steroid dienone is 1. The second-order valence-corrected chi connectivity index (χ2v) is 7.15. The van der Waals surface area contributed by atoms with Crippen molar-refractivity contribution in [2.75, 3.05) is 6.54 Å². The Labute approximate surface area is 144 Å². The highest BCUT2D eigenvalue weighted by Gasteiger charge is 2.30. The average molecular weight is 358 g/mol. The summed E-state index contributed by atoms with van der Waals surface area (Å²) in [4.78, 5) is 15.8. The van der Waals surface area contributed by atoms with E-state index in [9.17, 15) is 18.0 Å². The van der Waals surface area contributed by atoms with E-state index in [2.05, 4.69) is 16.4 Å². The van der Waals surface area contributed by atoms with Gasteiger partial charge >= 0.3 is 6.18 Å². The summed E-state index contributed by atoms with van der Waals surface area (Å²) >= 11 is 1.15. The number of rotatable bonds is 6. The first-order chi connectivity index (χ1) is 11.4. The van der Waals surface area contributed by atoms with Crippen LogP contribution in [0, 0.1) is 0 Å². The molecule has 1 atom stereocenters. The molecule has 0 aliphatic heterocycles. The van der Waals surface area contributed by atoms with Crippen molar-refractivity contribution in [1.82, 2.24) is 10.3 Å². The van der Waals surface area contributed by atoms with Gasteiger partial charge in [-0.1, -0.05) is 23.4 Å². The number of nitrogens with one attached hydrogen (secondary N) is 1. The van der Waals surface area contributed by atoms with E-state index in [4.69, 9.17) is 0 Å². The Hall–Kier alpha value is -1.50. The Kier molecular flexibility index (Phi) is 6.71. The second kappa shape index (κ2) is 8.55. The molecule has 0 spiro atoms. The van der Waals surface area contributed by atoms with Gasteiger partial charge in [0.05, 0.1) is 15.8 Å². The van der Waals surface area contributed by atoms with Crippen molar-refractivity contribution in [3.05, 3.63) is 35.5 Å². The second-order valence-electron chi connectivity index (χ2n) is 5.79. The lowest BCUT2D eigenvalue weighted by atomic mass is 9.97. The molecule has 0 radical (unpaired) electrons. The molecule has 0 bridgehead atoms. The zero-order valence-corrected chi connectivity index (χ0v) is 14.3. The molecule has 0 fully saturated rings. The standard InChI is InChI=1S/C17H21F3N2OS/c1-12(16(23)21-10-9-13-5-3-2-4-6-13)24-15-8-7-14(11-22-15)17(18,19)20/h5,7-8,11-12H,2-4,6,9-10H2,1H3,(H,21,23)/t12-/m0/s1. The van der Waals surface area contributed by atoms with E-state index >= 15 is 0 Å². The summed E-state index contributed by atoms with van der Waals surface area (Å²) < 4.78 is 37.5. The number of halogens is 3. The summed E-state index contributed by atoms with van der Waals surface area (Å²) in [6.07, 6.45) is 4.19. The van der Waals surface area contributed by atoms with Crippen LogP contribution in [-0.2, 0) is 11.0 Å². The van der Waals surface area contributed by atoms with Crippen LogP contribution >= 0.6 is 11.8 Å². The lowest BCUT2D eigenvalue weighted by molar-refractivity contribution is -0.137. The van der Waals surface area contributed by atoms with E-state index in [1.54, 1.807) is 6.92 Å². The lowest BCUT2D eigenvalue weighted by Gasteiger charge is -2.15. The largest absolute Gasteiger partial charge is 0.417 e. The van der Waals surface area contributed by atoms with E-state index in [-0.39, 0.29) is 5.91 Å². The van der Waals surface area contributed by atoms with Gasteiger partial charge in [-0.05, 0) is 51.2 Å². The first kappa shape index (κ1) is 18.8. The molecule has 0 saturated heterocycles. The van der Waals surface area contributed by atoms with E-state index in [0.717, 1.165) is 43.3 Å². The van der Waals surface area contributed by atoms with E-state index < -0.39 is 17.0 Å². The van der Waals surface area contributed by atoms with Gasteiger partial charge in [0.15, 0.2) is 0 Å². The highest BCUT2D eigenvalue weighted by molar-refractivity contribution is 8.00. The fourth-order valence-electron chi connectivity index (χ4n) is 2.47. The third-order valence-electron chi connectivity index (χ3n) is 3.86.